The molecule has 0 aromatic heterocycles. The summed E-state index contributed by atoms with van der Waals surface area (Å²) in [7, 11) is 0. The van der Waals surface area contributed by atoms with Crippen LogP contribution in [-0.4, -0.2) is 4.92 Å². The fourth-order valence-electron chi connectivity index (χ4n) is 2.63. The smallest absolute Gasteiger partial charge is 0.254 e. The Morgan fingerprint density at radius 2 is 1.58 bits per heavy atom. The molecule has 0 atom stereocenters. The Hall–Kier alpha value is -2.42. The van der Waals surface area contributed by atoms with Crippen LogP contribution in [0.3, 0.4) is 0 Å². The maximum Gasteiger partial charge on any atom is 0.254 e. The quantitative estimate of drug-likeness (QED) is 0.603. The predicted octanol–water partition coefficient (Wildman–Crippen LogP) is 3.67. The van der Waals surface area contributed by atoms with Gasteiger partial charge < -0.3 is 0 Å². The fraction of sp³-hybridized carbons (Fsp3) is 0.125. The van der Waals surface area contributed by atoms with E-state index >= 15 is 0 Å². The van der Waals surface area contributed by atoms with Gasteiger partial charge in [-0.3, -0.25) is 10.1 Å². The lowest BCUT2D eigenvalue weighted by molar-refractivity contribution is -0.427. The number of hydrogen-bond donors (Lipinski definition) is 0. The molecule has 0 radical (unpaired) electrons. The number of benzene rings is 2. The molecular formula is C16H13NO2. The largest absolute Gasteiger partial charge is 0.259 e. The van der Waals surface area contributed by atoms with Crippen LogP contribution >= 0.6 is 0 Å². The highest BCUT2D eigenvalue weighted by Gasteiger charge is 2.27. The first-order valence-electron chi connectivity index (χ1n) is 6.28. The highest BCUT2D eigenvalue weighted by Crippen LogP contribution is 2.35. The van der Waals surface area contributed by atoms with Crippen LogP contribution in [0.15, 0.2) is 60.3 Å². The van der Waals surface area contributed by atoms with Crippen LogP contribution < -0.4 is 0 Å². The van der Waals surface area contributed by atoms with Gasteiger partial charge in [-0.25, -0.2) is 0 Å². The summed E-state index contributed by atoms with van der Waals surface area (Å²) in [6.07, 6.45) is 1.23. The Kier molecular flexibility index (Phi) is 2.88. The monoisotopic (exact) mass is 251 g/mol. The Balaban J connectivity index is 2.27. The van der Waals surface area contributed by atoms with E-state index in [-0.39, 0.29) is 4.92 Å². The zero-order valence-electron chi connectivity index (χ0n) is 10.4. The molecule has 3 heteroatoms. The normalized spacial score (nSPS) is 14.1. The van der Waals surface area contributed by atoms with Gasteiger partial charge in [0.25, 0.3) is 5.70 Å². The minimum absolute atomic E-state index is 0.238. The summed E-state index contributed by atoms with van der Waals surface area (Å²) < 4.78 is 0. The molecule has 1 aliphatic rings. The number of rotatable bonds is 2. The average Bonchev–Trinajstić information content (AvgIpc) is 2.46. The van der Waals surface area contributed by atoms with E-state index in [4.69, 9.17) is 0 Å². The highest BCUT2D eigenvalue weighted by molar-refractivity contribution is 5.83. The first-order valence-corrected chi connectivity index (χ1v) is 6.28. The molecular weight excluding hydrogens is 238 g/mol. The van der Waals surface area contributed by atoms with Crippen molar-refractivity contribution in [2.45, 2.75) is 12.8 Å². The number of nitro groups is 1. The van der Waals surface area contributed by atoms with E-state index in [9.17, 15) is 10.1 Å². The zero-order valence-corrected chi connectivity index (χ0v) is 10.4. The standard InChI is InChI=1S/C16H13NO2/c18-17(19)15-11-10-12-6-4-5-9-14(12)16(15)13-7-2-1-3-8-13/h1-9H,10-11H2. The number of nitrogens with zero attached hydrogens (tertiary/aromatic N) is 1. The van der Waals surface area contributed by atoms with Crippen molar-refractivity contribution in [3.05, 3.63) is 87.1 Å². The van der Waals surface area contributed by atoms with Crippen molar-refractivity contribution in [1.29, 1.82) is 0 Å². The molecule has 0 fully saturated rings. The van der Waals surface area contributed by atoms with Crippen LogP contribution in [0.25, 0.3) is 5.57 Å². The summed E-state index contributed by atoms with van der Waals surface area (Å²) in [6.45, 7) is 0. The van der Waals surface area contributed by atoms with Crippen LogP contribution in [0.2, 0.25) is 0 Å². The van der Waals surface area contributed by atoms with E-state index in [0.717, 1.165) is 23.1 Å². The van der Waals surface area contributed by atoms with Gasteiger partial charge in [0.05, 0.1) is 10.5 Å². The van der Waals surface area contributed by atoms with E-state index in [2.05, 4.69) is 6.07 Å². The maximum absolute atomic E-state index is 11.3. The highest BCUT2D eigenvalue weighted by atomic mass is 16.6. The molecule has 3 nitrogen and oxygen atoms in total. The topological polar surface area (TPSA) is 43.1 Å². The minimum atomic E-state index is -0.238. The molecule has 3 rings (SSSR count). The van der Waals surface area contributed by atoms with Gasteiger partial charge in [-0.05, 0) is 23.1 Å². The van der Waals surface area contributed by atoms with Gasteiger partial charge in [-0.1, -0.05) is 54.6 Å². The van der Waals surface area contributed by atoms with E-state index < -0.39 is 0 Å². The molecule has 19 heavy (non-hydrogen) atoms. The van der Waals surface area contributed by atoms with Crippen LogP contribution in [0.1, 0.15) is 23.1 Å². The summed E-state index contributed by atoms with van der Waals surface area (Å²) in [5.74, 6) is 0. The van der Waals surface area contributed by atoms with E-state index in [1.807, 2.05) is 48.5 Å². The van der Waals surface area contributed by atoms with Gasteiger partial charge in [0.1, 0.15) is 0 Å². The SMILES string of the molecule is O=[N+]([O-])C1=C(c2ccccc2)c2ccccc2CC1. The van der Waals surface area contributed by atoms with E-state index in [1.165, 1.54) is 5.56 Å². The molecule has 0 bridgehead atoms. The van der Waals surface area contributed by atoms with Crippen molar-refractivity contribution in [2.75, 3.05) is 0 Å². The molecule has 0 N–H and O–H groups in total. The number of allylic oxidation sites excluding steroid dienone is 1. The van der Waals surface area contributed by atoms with Crippen LogP contribution in [-0.2, 0) is 6.42 Å². The first kappa shape index (κ1) is 11.7. The summed E-state index contributed by atoms with van der Waals surface area (Å²) >= 11 is 0. The summed E-state index contributed by atoms with van der Waals surface area (Å²) in [5.41, 5.74) is 4.19. The summed E-state index contributed by atoms with van der Waals surface area (Å²) in [4.78, 5) is 11.1. The second-order valence-corrected chi connectivity index (χ2v) is 4.60. The molecule has 0 heterocycles. The number of fused-ring (bicyclic) bond motifs is 1. The van der Waals surface area contributed by atoms with Crippen molar-refractivity contribution in [3.8, 4) is 0 Å². The molecule has 2 aromatic rings. The Morgan fingerprint density at radius 1 is 0.895 bits per heavy atom. The third-order valence-electron chi connectivity index (χ3n) is 3.49. The van der Waals surface area contributed by atoms with Gasteiger partial charge in [-0.2, -0.15) is 0 Å². The van der Waals surface area contributed by atoms with E-state index in [0.29, 0.717) is 12.1 Å². The van der Waals surface area contributed by atoms with Crippen molar-refractivity contribution in [3.63, 3.8) is 0 Å². The summed E-state index contributed by atoms with van der Waals surface area (Å²) in [5, 5.41) is 11.3. The molecule has 2 aromatic carbocycles. The Bertz CT molecular complexity index is 659. The van der Waals surface area contributed by atoms with Gasteiger partial charge in [0.2, 0.25) is 0 Å². The lowest BCUT2D eigenvalue weighted by Crippen LogP contribution is -2.12. The van der Waals surface area contributed by atoms with Gasteiger partial charge in [-0.15, -0.1) is 0 Å². The lowest BCUT2D eigenvalue weighted by Gasteiger charge is -2.18. The van der Waals surface area contributed by atoms with Crippen molar-refractivity contribution in [2.24, 2.45) is 0 Å². The van der Waals surface area contributed by atoms with Gasteiger partial charge >= 0.3 is 0 Å². The molecule has 0 aliphatic heterocycles. The average molecular weight is 251 g/mol. The van der Waals surface area contributed by atoms with Crippen LogP contribution in [0, 0.1) is 10.1 Å². The Labute approximate surface area is 111 Å². The van der Waals surface area contributed by atoms with E-state index in [1.54, 1.807) is 0 Å². The van der Waals surface area contributed by atoms with Crippen molar-refractivity contribution in [1.82, 2.24) is 0 Å². The summed E-state index contributed by atoms with van der Waals surface area (Å²) in [6, 6.07) is 17.6. The molecule has 94 valence electrons. The predicted molar refractivity (Wildman–Crippen MR) is 74.2 cm³/mol. The van der Waals surface area contributed by atoms with Crippen molar-refractivity contribution >= 4 is 5.57 Å². The second kappa shape index (κ2) is 4.69. The third kappa shape index (κ3) is 2.03. The minimum Gasteiger partial charge on any atom is -0.259 e. The van der Waals surface area contributed by atoms with Gasteiger partial charge in [0.15, 0.2) is 0 Å². The maximum atomic E-state index is 11.3. The molecule has 0 saturated carbocycles. The molecule has 1 aliphatic carbocycles. The molecule has 0 saturated heterocycles. The number of aryl methyl sites for hydroxylation is 1. The second-order valence-electron chi connectivity index (χ2n) is 4.60. The van der Waals surface area contributed by atoms with Gasteiger partial charge in [0, 0.05) is 6.42 Å². The Morgan fingerprint density at radius 3 is 2.32 bits per heavy atom. The molecule has 0 spiro atoms. The lowest BCUT2D eigenvalue weighted by atomic mass is 9.85. The fourth-order valence-corrected chi connectivity index (χ4v) is 2.63. The zero-order chi connectivity index (χ0) is 13.2. The molecule has 0 unspecified atom stereocenters. The molecule has 0 amide bonds. The van der Waals surface area contributed by atoms with Crippen LogP contribution in [0.5, 0.6) is 0 Å². The van der Waals surface area contributed by atoms with Crippen LogP contribution in [0.4, 0.5) is 0 Å². The first-order chi connectivity index (χ1) is 9.27. The van der Waals surface area contributed by atoms with Crippen molar-refractivity contribution < 1.29 is 4.92 Å². The third-order valence-corrected chi connectivity index (χ3v) is 3.49. The number of hydrogen-bond acceptors (Lipinski definition) is 2.